The molecule has 5 heteroatoms. The SMILES string of the molecule is COc1ccc(/C=C\C(=O)c2ccc(Br)c3cc(-c4ccc(F)cc4)oc23)cc1. The smallest absolute Gasteiger partial charge is 0.189 e. The second kappa shape index (κ2) is 8.05. The first-order valence-electron chi connectivity index (χ1n) is 8.89. The van der Waals surface area contributed by atoms with Crippen LogP contribution in [0.5, 0.6) is 5.75 Å². The zero-order chi connectivity index (χ0) is 20.4. The van der Waals surface area contributed by atoms with Gasteiger partial charge >= 0.3 is 0 Å². The average Bonchev–Trinajstić information content (AvgIpc) is 3.19. The lowest BCUT2D eigenvalue weighted by atomic mass is 10.1. The van der Waals surface area contributed by atoms with Crippen LogP contribution >= 0.6 is 15.9 Å². The van der Waals surface area contributed by atoms with Crippen LogP contribution in [-0.2, 0) is 0 Å². The van der Waals surface area contributed by atoms with Crippen molar-refractivity contribution >= 4 is 38.8 Å². The number of methoxy groups -OCH3 is 1. The van der Waals surface area contributed by atoms with E-state index >= 15 is 0 Å². The minimum Gasteiger partial charge on any atom is -0.497 e. The maximum atomic E-state index is 13.2. The van der Waals surface area contributed by atoms with Gasteiger partial charge in [0.2, 0.25) is 0 Å². The van der Waals surface area contributed by atoms with Crippen molar-refractivity contribution in [3.05, 3.63) is 94.2 Å². The van der Waals surface area contributed by atoms with Crippen LogP contribution in [-0.4, -0.2) is 12.9 Å². The van der Waals surface area contributed by atoms with Crippen LogP contribution in [0.1, 0.15) is 15.9 Å². The van der Waals surface area contributed by atoms with Gasteiger partial charge in [-0.2, -0.15) is 0 Å². The number of halogens is 2. The van der Waals surface area contributed by atoms with Crippen LogP contribution in [0.3, 0.4) is 0 Å². The van der Waals surface area contributed by atoms with Crippen molar-refractivity contribution in [2.45, 2.75) is 0 Å². The van der Waals surface area contributed by atoms with Crippen molar-refractivity contribution in [1.29, 1.82) is 0 Å². The number of carbonyl (C=O) groups excluding carboxylic acids is 1. The first-order chi connectivity index (χ1) is 14.0. The largest absolute Gasteiger partial charge is 0.497 e. The zero-order valence-electron chi connectivity index (χ0n) is 15.5. The van der Waals surface area contributed by atoms with E-state index in [1.54, 1.807) is 31.4 Å². The fourth-order valence-corrected chi connectivity index (χ4v) is 3.44. The van der Waals surface area contributed by atoms with Gasteiger partial charge in [0.15, 0.2) is 5.78 Å². The van der Waals surface area contributed by atoms with Gasteiger partial charge in [-0.05, 0) is 66.2 Å². The van der Waals surface area contributed by atoms with E-state index in [0.29, 0.717) is 16.9 Å². The van der Waals surface area contributed by atoms with E-state index in [-0.39, 0.29) is 11.6 Å². The molecule has 0 spiro atoms. The molecular formula is C24H16BrFO3. The van der Waals surface area contributed by atoms with Gasteiger partial charge in [-0.25, -0.2) is 4.39 Å². The predicted octanol–water partition coefficient (Wildman–Crippen LogP) is 6.91. The molecule has 3 aromatic carbocycles. The van der Waals surface area contributed by atoms with Gasteiger partial charge in [-0.1, -0.05) is 34.1 Å². The topological polar surface area (TPSA) is 39.4 Å². The summed E-state index contributed by atoms with van der Waals surface area (Å²) >= 11 is 3.51. The van der Waals surface area contributed by atoms with E-state index in [2.05, 4.69) is 15.9 Å². The summed E-state index contributed by atoms with van der Waals surface area (Å²) in [5, 5.41) is 0.785. The molecule has 144 valence electrons. The molecule has 0 N–H and O–H groups in total. The standard InChI is InChI=1S/C24H16BrFO3/c1-28-18-9-2-15(3-10-18)4-13-22(27)19-11-12-21(25)20-14-23(29-24(19)20)16-5-7-17(26)8-6-16/h2-14H,1H3/b13-4-. The highest BCUT2D eigenvalue weighted by Crippen LogP contribution is 2.35. The Morgan fingerprint density at radius 1 is 1.03 bits per heavy atom. The summed E-state index contributed by atoms with van der Waals surface area (Å²) in [5.74, 6) is 0.844. The van der Waals surface area contributed by atoms with E-state index in [1.165, 1.54) is 18.2 Å². The Kier molecular flexibility index (Phi) is 5.32. The van der Waals surface area contributed by atoms with E-state index < -0.39 is 0 Å². The number of allylic oxidation sites excluding steroid dienone is 1. The minimum absolute atomic E-state index is 0.168. The number of ether oxygens (including phenoxy) is 1. The third-order valence-electron chi connectivity index (χ3n) is 4.57. The molecule has 0 saturated heterocycles. The van der Waals surface area contributed by atoms with E-state index in [4.69, 9.17) is 9.15 Å². The normalized spacial score (nSPS) is 11.3. The summed E-state index contributed by atoms with van der Waals surface area (Å²) < 4.78 is 25.2. The number of ketones is 1. The molecule has 0 aliphatic rings. The van der Waals surface area contributed by atoms with Crippen LogP contribution in [0.2, 0.25) is 0 Å². The Morgan fingerprint density at radius 3 is 2.45 bits per heavy atom. The Labute approximate surface area is 175 Å². The fraction of sp³-hybridized carbons (Fsp3) is 0.0417. The molecule has 0 aliphatic heterocycles. The first-order valence-corrected chi connectivity index (χ1v) is 9.69. The molecular weight excluding hydrogens is 435 g/mol. The predicted molar refractivity (Wildman–Crippen MR) is 116 cm³/mol. The molecule has 0 saturated carbocycles. The van der Waals surface area contributed by atoms with Crippen molar-refractivity contribution < 1.29 is 18.3 Å². The lowest BCUT2D eigenvalue weighted by molar-refractivity contribution is 0.104. The molecule has 1 aromatic heterocycles. The molecule has 0 fully saturated rings. The number of rotatable bonds is 5. The van der Waals surface area contributed by atoms with E-state index in [0.717, 1.165) is 26.7 Å². The molecule has 0 bridgehead atoms. The minimum atomic E-state index is -0.314. The van der Waals surface area contributed by atoms with Crippen LogP contribution in [0.4, 0.5) is 4.39 Å². The van der Waals surface area contributed by atoms with Crippen LogP contribution in [0, 0.1) is 5.82 Å². The lowest BCUT2D eigenvalue weighted by Gasteiger charge is -2.01. The van der Waals surface area contributed by atoms with Gasteiger partial charge in [0.05, 0.1) is 12.7 Å². The quantitative estimate of drug-likeness (QED) is 0.245. The second-order valence-electron chi connectivity index (χ2n) is 6.43. The van der Waals surface area contributed by atoms with Crippen molar-refractivity contribution in [1.82, 2.24) is 0 Å². The average molecular weight is 451 g/mol. The van der Waals surface area contributed by atoms with Crippen molar-refractivity contribution in [3.63, 3.8) is 0 Å². The van der Waals surface area contributed by atoms with Crippen molar-refractivity contribution in [2.75, 3.05) is 7.11 Å². The fourth-order valence-electron chi connectivity index (χ4n) is 3.02. The zero-order valence-corrected chi connectivity index (χ0v) is 17.1. The molecule has 0 unspecified atom stereocenters. The summed E-state index contributed by atoms with van der Waals surface area (Å²) in [6.07, 6.45) is 3.27. The summed E-state index contributed by atoms with van der Waals surface area (Å²) in [6, 6.07) is 18.9. The Balaban J connectivity index is 1.69. The van der Waals surface area contributed by atoms with E-state index in [1.807, 2.05) is 36.4 Å². The third kappa shape index (κ3) is 4.00. The number of carbonyl (C=O) groups is 1. The molecule has 0 atom stereocenters. The maximum absolute atomic E-state index is 13.2. The third-order valence-corrected chi connectivity index (χ3v) is 5.26. The van der Waals surface area contributed by atoms with Gasteiger partial charge in [-0.15, -0.1) is 0 Å². The Bertz CT molecular complexity index is 1210. The van der Waals surface area contributed by atoms with E-state index in [9.17, 15) is 9.18 Å². The highest BCUT2D eigenvalue weighted by molar-refractivity contribution is 9.10. The van der Waals surface area contributed by atoms with Gasteiger partial charge in [0.25, 0.3) is 0 Å². The number of hydrogen-bond donors (Lipinski definition) is 0. The molecule has 29 heavy (non-hydrogen) atoms. The second-order valence-corrected chi connectivity index (χ2v) is 7.28. The number of benzene rings is 3. The highest BCUT2D eigenvalue weighted by Gasteiger charge is 2.16. The van der Waals surface area contributed by atoms with Crippen LogP contribution in [0.25, 0.3) is 28.4 Å². The molecule has 4 aromatic rings. The number of fused-ring (bicyclic) bond motifs is 1. The van der Waals surface area contributed by atoms with Crippen molar-refractivity contribution in [2.24, 2.45) is 0 Å². The number of furan rings is 1. The molecule has 4 rings (SSSR count). The summed E-state index contributed by atoms with van der Waals surface area (Å²) in [5.41, 5.74) is 2.57. The first kappa shape index (κ1) is 19.2. The molecule has 3 nitrogen and oxygen atoms in total. The Hall–Kier alpha value is -3.18. The molecule has 1 heterocycles. The monoisotopic (exact) mass is 450 g/mol. The van der Waals surface area contributed by atoms with Gasteiger partial charge in [-0.3, -0.25) is 4.79 Å². The Morgan fingerprint density at radius 2 is 1.76 bits per heavy atom. The highest BCUT2D eigenvalue weighted by atomic mass is 79.9. The van der Waals surface area contributed by atoms with Gasteiger partial charge in [0.1, 0.15) is 22.9 Å². The van der Waals surface area contributed by atoms with Gasteiger partial charge in [0, 0.05) is 15.4 Å². The molecule has 0 amide bonds. The van der Waals surface area contributed by atoms with Crippen molar-refractivity contribution in [3.8, 4) is 17.1 Å². The lowest BCUT2D eigenvalue weighted by Crippen LogP contribution is -1.94. The maximum Gasteiger partial charge on any atom is 0.189 e. The van der Waals surface area contributed by atoms with Crippen LogP contribution < -0.4 is 4.74 Å². The number of hydrogen-bond acceptors (Lipinski definition) is 3. The van der Waals surface area contributed by atoms with Gasteiger partial charge < -0.3 is 9.15 Å². The summed E-state index contributed by atoms with van der Waals surface area (Å²) in [6.45, 7) is 0. The molecule has 0 radical (unpaired) electrons. The molecule has 0 aliphatic carbocycles. The summed E-state index contributed by atoms with van der Waals surface area (Å²) in [7, 11) is 1.61. The summed E-state index contributed by atoms with van der Waals surface area (Å²) in [4.78, 5) is 12.8. The van der Waals surface area contributed by atoms with Crippen LogP contribution in [0.15, 0.2) is 81.7 Å².